The zero-order valence-corrected chi connectivity index (χ0v) is 17.4. The molecule has 0 unspecified atom stereocenters. The van der Waals surface area contributed by atoms with Crippen molar-refractivity contribution >= 4 is 44.2 Å². The van der Waals surface area contributed by atoms with Gasteiger partial charge in [-0.15, -0.1) is 16.8 Å². The summed E-state index contributed by atoms with van der Waals surface area (Å²) in [4.78, 5) is 12.4. The number of rotatable bonds is 9. The van der Waals surface area contributed by atoms with E-state index >= 15 is 0 Å². The molecule has 1 fully saturated rings. The Labute approximate surface area is 171 Å². The Balaban J connectivity index is 1.58. The third kappa shape index (κ3) is 5.61. The van der Waals surface area contributed by atoms with Crippen molar-refractivity contribution in [3.8, 4) is 0 Å². The van der Waals surface area contributed by atoms with Crippen molar-refractivity contribution in [2.45, 2.75) is 28.2 Å². The number of hydrogen-bond donors (Lipinski definition) is 2. The van der Waals surface area contributed by atoms with Gasteiger partial charge in [0.2, 0.25) is 15.2 Å². The first-order valence-corrected chi connectivity index (χ1v) is 11.9. The van der Waals surface area contributed by atoms with E-state index in [1.54, 1.807) is 6.08 Å². The lowest BCUT2D eigenvalue weighted by Gasteiger charge is -2.11. The number of amides is 1. The molecule has 11 heteroatoms. The van der Waals surface area contributed by atoms with Gasteiger partial charge in [-0.1, -0.05) is 29.2 Å². The maximum atomic E-state index is 12.4. The summed E-state index contributed by atoms with van der Waals surface area (Å²) in [6.07, 6.45) is 3.47. The topological polar surface area (TPSA) is 110 Å². The number of sulfonamides is 1. The van der Waals surface area contributed by atoms with Crippen LogP contribution in [-0.4, -0.2) is 49.5 Å². The van der Waals surface area contributed by atoms with Gasteiger partial charge in [-0.05, 0) is 37.1 Å². The summed E-state index contributed by atoms with van der Waals surface area (Å²) in [5, 5.41) is 10.9. The van der Waals surface area contributed by atoms with E-state index in [4.69, 9.17) is 4.74 Å². The average Bonchev–Trinajstić information content (AvgIpc) is 3.37. The van der Waals surface area contributed by atoms with Crippen molar-refractivity contribution in [2.24, 2.45) is 0 Å². The monoisotopic (exact) mass is 440 g/mol. The molecular formula is C17H20N4O4S3. The molecule has 2 heterocycles. The minimum absolute atomic E-state index is 0.0822. The number of ether oxygens (including phenoxy) is 1. The van der Waals surface area contributed by atoms with Crippen LogP contribution in [-0.2, 0) is 14.8 Å². The number of nitrogens with one attached hydrogen (secondary N) is 2. The summed E-state index contributed by atoms with van der Waals surface area (Å²) in [6, 6.07) is 5.73. The Morgan fingerprint density at radius 1 is 1.36 bits per heavy atom. The van der Waals surface area contributed by atoms with Gasteiger partial charge in [-0.25, -0.2) is 13.1 Å². The molecule has 0 saturated carbocycles. The molecule has 1 aromatic heterocycles. The SMILES string of the molecule is C=CCSc1nnc(NC(=O)c2ccc(S(=O)(=O)NC[C@H]3CCCO3)cc2)s1. The number of carbonyl (C=O) groups excluding carboxylic acids is 1. The van der Waals surface area contributed by atoms with Crippen molar-refractivity contribution in [2.75, 3.05) is 24.2 Å². The van der Waals surface area contributed by atoms with Crippen LogP contribution >= 0.6 is 23.1 Å². The fraction of sp³-hybridized carbons (Fsp3) is 0.353. The second-order valence-corrected chi connectivity index (χ2v) is 9.95. The van der Waals surface area contributed by atoms with Crippen LogP contribution in [0.5, 0.6) is 0 Å². The summed E-state index contributed by atoms with van der Waals surface area (Å²) >= 11 is 2.74. The van der Waals surface area contributed by atoms with Gasteiger partial charge in [0.25, 0.3) is 5.91 Å². The molecule has 0 spiro atoms. The van der Waals surface area contributed by atoms with Crippen LogP contribution in [0.3, 0.4) is 0 Å². The number of benzene rings is 1. The lowest BCUT2D eigenvalue weighted by Crippen LogP contribution is -2.31. The maximum Gasteiger partial charge on any atom is 0.257 e. The van der Waals surface area contributed by atoms with E-state index in [9.17, 15) is 13.2 Å². The number of hydrogen-bond acceptors (Lipinski definition) is 8. The van der Waals surface area contributed by atoms with Gasteiger partial charge in [0, 0.05) is 24.5 Å². The first-order chi connectivity index (χ1) is 13.5. The van der Waals surface area contributed by atoms with Crippen LogP contribution in [0.1, 0.15) is 23.2 Å². The predicted octanol–water partition coefficient (Wildman–Crippen LogP) is 2.53. The van der Waals surface area contributed by atoms with E-state index < -0.39 is 10.0 Å². The molecule has 1 aromatic carbocycles. The van der Waals surface area contributed by atoms with Crippen LogP contribution in [0.15, 0.2) is 46.2 Å². The average molecular weight is 441 g/mol. The summed E-state index contributed by atoms with van der Waals surface area (Å²) in [5.41, 5.74) is 0.327. The quantitative estimate of drug-likeness (QED) is 0.350. The molecule has 3 rings (SSSR count). The zero-order chi connectivity index (χ0) is 20.0. The van der Waals surface area contributed by atoms with Gasteiger partial charge in [-0.2, -0.15) is 0 Å². The Bertz CT molecular complexity index is 922. The fourth-order valence-electron chi connectivity index (χ4n) is 2.49. The molecule has 0 aliphatic carbocycles. The van der Waals surface area contributed by atoms with Gasteiger partial charge >= 0.3 is 0 Å². The molecule has 2 N–H and O–H groups in total. The van der Waals surface area contributed by atoms with Crippen LogP contribution in [0.2, 0.25) is 0 Å². The highest BCUT2D eigenvalue weighted by molar-refractivity contribution is 8.01. The summed E-state index contributed by atoms with van der Waals surface area (Å²) in [6.45, 7) is 4.55. The van der Waals surface area contributed by atoms with E-state index in [0.717, 1.165) is 17.2 Å². The maximum absolute atomic E-state index is 12.4. The highest BCUT2D eigenvalue weighted by Crippen LogP contribution is 2.25. The largest absolute Gasteiger partial charge is 0.377 e. The molecule has 2 aromatic rings. The van der Waals surface area contributed by atoms with Crippen molar-refractivity contribution in [3.63, 3.8) is 0 Å². The lowest BCUT2D eigenvalue weighted by molar-refractivity contribution is 0.102. The molecule has 1 atom stereocenters. The molecule has 150 valence electrons. The normalized spacial score (nSPS) is 16.8. The van der Waals surface area contributed by atoms with Crippen molar-refractivity contribution in [3.05, 3.63) is 42.5 Å². The van der Waals surface area contributed by atoms with Gasteiger partial charge < -0.3 is 4.74 Å². The summed E-state index contributed by atoms with van der Waals surface area (Å²) in [5.74, 6) is 0.326. The van der Waals surface area contributed by atoms with E-state index in [1.807, 2.05) is 0 Å². The van der Waals surface area contributed by atoms with Crippen molar-refractivity contribution in [1.29, 1.82) is 0 Å². The van der Waals surface area contributed by atoms with Gasteiger partial charge in [-0.3, -0.25) is 10.1 Å². The molecule has 8 nitrogen and oxygen atoms in total. The zero-order valence-electron chi connectivity index (χ0n) is 15.0. The summed E-state index contributed by atoms with van der Waals surface area (Å²) in [7, 11) is -3.65. The van der Waals surface area contributed by atoms with E-state index in [-0.39, 0.29) is 23.5 Å². The van der Waals surface area contributed by atoms with Crippen molar-refractivity contribution < 1.29 is 17.9 Å². The number of aromatic nitrogens is 2. The fourth-order valence-corrected chi connectivity index (χ4v) is 5.07. The Kier molecular flexibility index (Phi) is 7.18. The first kappa shape index (κ1) is 20.9. The van der Waals surface area contributed by atoms with Gasteiger partial charge in [0.05, 0.1) is 11.0 Å². The smallest absolute Gasteiger partial charge is 0.257 e. The van der Waals surface area contributed by atoms with E-state index in [0.29, 0.717) is 23.1 Å². The predicted molar refractivity (Wildman–Crippen MR) is 109 cm³/mol. The molecule has 1 aliphatic rings. The second-order valence-electron chi connectivity index (χ2n) is 5.94. The van der Waals surface area contributed by atoms with Gasteiger partial charge in [0.15, 0.2) is 4.34 Å². The third-order valence-electron chi connectivity index (χ3n) is 3.90. The molecule has 1 amide bonds. The minimum Gasteiger partial charge on any atom is -0.377 e. The Morgan fingerprint density at radius 2 is 2.14 bits per heavy atom. The van der Waals surface area contributed by atoms with E-state index in [2.05, 4.69) is 26.8 Å². The molecular weight excluding hydrogens is 420 g/mol. The lowest BCUT2D eigenvalue weighted by atomic mass is 10.2. The minimum atomic E-state index is -3.65. The Hall–Kier alpha value is -1.79. The number of anilines is 1. The number of carbonyl (C=O) groups is 1. The molecule has 1 aliphatic heterocycles. The van der Waals surface area contributed by atoms with E-state index in [1.165, 1.54) is 47.4 Å². The number of thioether (sulfide) groups is 1. The van der Waals surface area contributed by atoms with Crippen LogP contribution < -0.4 is 10.0 Å². The molecule has 0 bridgehead atoms. The third-order valence-corrected chi connectivity index (χ3v) is 7.31. The first-order valence-electron chi connectivity index (χ1n) is 8.58. The van der Waals surface area contributed by atoms with Crippen LogP contribution in [0, 0.1) is 0 Å². The molecule has 28 heavy (non-hydrogen) atoms. The molecule has 1 saturated heterocycles. The van der Waals surface area contributed by atoms with Crippen molar-refractivity contribution in [1.82, 2.24) is 14.9 Å². The molecule has 0 radical (unpaired) electrons. The summed E-state index contributed by atoms with van der Waals surface area (Å²) < 4.78 is 33.4. The highest BCUT2D eigenvalue weighted by atomic mass is 32.2. The number of nitrogens with zero attached hydrogens (tertiary/aromatic N) is 2. The van der Waals surface area contributed by atoms with Crippen LogP contribution in [0.25, 0.3) is 0 Å². The Morgan fingerprint density at radius 3 is 2.82 bits per heavy atom. The highest BCUT2D eigenvalue weighted by Gasteiger charge is 2.20. The second kappa shape index (κ2) is 9.61. The van der Waals surface area contributed by atoms with Crippen LogP contribution in [0.4, 0.5) is 5.13 Å². The standard InChI is InChI=1S/C17H20N4O4S3/c1-2-10-26-17-21-20-16(27-17)19-15(22)12-5-7-14(8-6-12)28(23,24)18-11-13-4-3-9-25-13/h2,5-8,13,18H,1,3-4,9-11H2,(H,19,20,22)/t13-/m1/s1. The van der Waals surface area contributed by atoms with Gasteiger partial charge in [0.1, 0.15) is 0 Å².